The fourth-order valence-corrected chi connectivity index (χ4v) is 2.88. The number of hydrogen-bond donors (Lipinski definition) is 2. The standard InChI is InChI=1S/C23H19ClN2O4/c1-15(27)30-21-7-3-5-18(13-21)23(29)26-20-10-8-16(9-11-20)14-25-22(28)17-4-2-6-19(24)12-17/h2-13H,14H2,1H3,(H,25,28)(H,26,29). The molecule has 152 valence electrons. The summed E-state index contributed by atoms with van der Waals surface area (Å²) in [6.45, 7) is 1.63. The van der Waals surface area contributed by atoms with Gasteiger partial charge in [-0.05, 0) is 54.1 Å². The summed E-state index contributed by atoms with van der Waals surface area (Å²) >= 11 is 5.90. The molecule has 0 fully saturated rings. The van der Waals surface area contributed by atoms with Gasteiger partial charge in [0.25, 0.3) is 11.8 Å². The molecule has 0 saturated carbocycles. The molecule has 0 aliphatic carbocycles. The summed E-state index contributed by atoms with van der Waals surface area (Å²) in [6.07, 6.45) is 0. The third-order valence-corrected chi connectivity index (χ3v) is 4.34. The number of nitrogens with one attached hydrogen (secondary N) is 2. The molecular weight excluding hydrogens is 404 g/mol. The van der Waals surface area contributed by atoms with E-state index < -0.39 is 5.97 Å². The van der Waals surface area contributed by atoms with E-state index in [0.717, 1.165) is 5.56 Å². The number of carbonyl (C=O) groups is 3. The Kier molecular flexibility index (Phi) is 6.83. The fourth-order valence-electron chi connectivity index (χ4n) is 2.69. The summed E-state index contributed by atoms with van der Waals surface area (Å²) in [6, 6.07) is 20.2. The van der Waals surface area contributed by atoms with Gasteiger partial charge in [0, 0.05) is 35.3 Å². The van der Waals surface area contributed by atoms with Crippen LogP contribution in [0, 0.1) is 0 Å². The average molecular weight is 423 g/mol. The van der Waals surface area contributed by atoms with Crippen molar-refractivity contribution in [3.05, 3.63) is 94.5 Å². The van der Waals surface area contributed by atoms with E-state index in [1.807, 2.05) is 12.1 Å². The molecule has 0 aliphatic heterocycles. The normalized spacial score (nSPS) is 10.2. The molecule has 0 aliphatic rings. The van der Waals surface area contributed by atoms with Crippen molar-refractivity contribution in [3.63, 3.8) is 0 Å². The second-order valence-electron chi connectivity index (χ2n) is 6.47. The van der Waals surface area contributed by atoms with Crippen LogP contribution in [0.3, 0.4) is 0 Å². The van der Waals surface area contributed by atoms with Gasteiger partial charge in [0.15, 0.2) is 0 Å². The van der Waals surface area contributed by atoms with Crippen LogP contribution in [0.2, 0.25) is 5.02 Å². The molecule has 2 N–H and O–H groups in total. The largest absolute Gasteiger partial charge is 0.427 e. The van der Waals surface area contributed by atoms with Gasteiger partial charge in [-0.25, -0.2) is 0 Å². The number of halogens is 1. The van der Waals surface area contributed by atoms with Crippen molar-refractivity contribution in [2.24, 2.45) is 0 Å². The Balaban J connectivity index is 1.57. The predicted octanol–water partition coefficient (Wildman–Crippen LogP) is 4.45. The first-order valence-electron chi connectivity index (χ1n) is 9.13. The molecule has 6 nitrogen and oxygen atoms in total. The molecule has 0 aromatic heterocycles. The van der Waals surface area contributed by atoms with E-state index in [-0.39, 0.29) is 11.8 Å². The molecule has 0 atom stereocenters. The highest BCUT2D eigenvalue weighted by atomic mass is 35.5. The summed E-state index contributed by atoms with van der Waals surface area (Å²) in [5.41, 5.74) is 2.33. The van der Waals surface area contributed by atoms with Crippen LogP contribution in [0.5, 0.6) is 5.75 Å². The fraction of sp³-hybridized carbons (Fsp3) is 0.0870. The lowest BCUT2D eigenvalue weighted by molar-refractivity contribution is -0.131. The van der Waals surface area contributed by atoms with E-state index in [1.54, 1.807) is 54.6 Å². The minimum absolute atomic E-state index is 0.220. The molecule has 3 aromatic rings. The number of rotatable bonds is 6. The van der Waals surface area contributed by atoms with Crippen molar-refractivity contribution in [1.82, 2.24) is 5.32 Å². The molecule has 0 spiro atoms. The second kappa shape index (κ2) is 9.71. The van der Waals surface area contributed by atoms with Gasteiger partial charge in [-0.15, -0.1) is 0 Å². The van der Waals surface area contributed by atoms with Gasteiger partial charge < -0.3 is 15.4 Å². The second-order valence-corrected chi connectivity index (χ2v) is 6.90. The van der Waals surface area contributed by atoms with Crippen molar-refractivity contribution in [3.8, 4) is 5.75 Å². The van der Waals surface area contributed by atoms with Crippen molar-refractivity contribution in [2.75, 3.05) is 5.32 Å². The zero-order valence-electron chi connectivity index (χ0n) is 16.1. The lowest BCUT2D eigenvalue weighted by Crippen LogP contribution is -2.22. The summed E-state index contributed by atoms with van der Waals surface area (Å²) in [7, 11) is 0. The van der Waals surface area contributed by atoms with Crippen LogP contribution in [0.1, 0.15) is 33.2 Å². The number of amides is 2. The number of ether oxygens (including phenoxy) is 1. The Bertz CT molecular complexity index is 1080. The molecule has 0 heterocycles. The van der Waals surface area contributed by atoms with Gasteiger partial charge >= 0.3 is 5.97 Å². The molecule has 30 heavy (non-hydrogen) atoms. The highest BCUT2D eigenvalue weighted by molar-refractivity contribution is 6.30. The van der Waals surface area contributed by atoms with Crippen molar-refractivity contribution in [1.29, 1.82) is 0 Å². The van der Waals surface area contributed by atoms with Crippen molar-refractivity contribution in [2.45, 2.75) is 13.5 Å². The quantitative estimate of drug-likeness (QED) is 0.454. The third kappa shape index (κ3) is 5.93. The van der Waals surface area contributed by atoms with Crippen LogP contribution in [-0.4, -0.2) is 17.8 Å². The first kappa shape index (κ1) is 21.1. The number of carbonyl (C=O) groups excluding carboxylic acids is 3. The maximum atomic E-state index is 12.4. The number of hydrogen-bond acceptors (Lipinski definition) is 4. The molecule has 0 radical (unpaired) electrons. The summed E-state index contributed by atoms with van der Waals surface area (Å²) in [5, 5.41) is 6.11. The minimum Gasteiger partial charge on any atom is -0.427 e. The topological polar surface area (TPSA) is 84.5 Å². The van der Waals surface area contributed by atoms with E-state index >= 15 is 0 Å². The van der Waals surface area contributed by atoms with Gasteiger partial charge in [-0.3, -0.25) is 14.4 Å². The van der Waals surface area contributed by atoms with E-state index in [0.29, 0.717) is 34.1 Å². The molecule has 3 aromatic carbocycles. The SMILES string of the molecule is CC(=O)Oc1cccc(C(=O)Nc2ccc(CNC(=O)c3cccc(Cl)c3)cc2)c1. The number of esters is 1. The van der Waals surface area contributed by atoms with Crippen LogP contribution in [0.25, 0.3) is 0 Å². The smallest absolute Gasteiger partial charge is 0.308 e. The summed E-state index contributed by atoms with van der Waals surface area (Å²) in [5.74, 6) is -0.694. The molecular formula is C23H19ClN2O4. The van der Waals surface area contributed by atoms with Gasteiger partial charge in [0.2, 0.25) is 0 Å². The van der Waals surface area contributed by atoms with Gasteiger partial charge in [0.1, 0.15) is 5.75 Å². The first-order valence-corrected chi connectivity index (χ1v) is 9.51. The highest BCUT2D eigenvalue weighted by Gasteiger charge is 2.09. The summed E-state index contributed by atoms with van der Waals surface area (Å²) in [4.78, 5) is 35.6. The van der Waals surface area contributed by atoms with E-state index in [2.05, 4.69) is 10.6 Å². The van der Waals surface area contributed by atoms with Gasteiger partial charge in [-0.2, -0.15) is 0 Å². The van der Waals surface area contributed by atoms with E-state index in [1.165, 1.54) is 13.0 Å². The highest BCUT2D eigenvalue weighted by Crippen LogP contribution is 2.16. The lowest BCUT2D eigenvalue weighted by atomic mass is 10.1. The monoisotopic (exact) mass is 422 g/mol. The van der Waals surface area contributed by atoms with Crippen LogP contribution in [0.4, 0.5) is 5.69 Å². The lowest BCUT2D eigenvalue weighted by Gasteiger charge is -2.09. The van der Waals surface area contributed by atoms with Crippen LogP contribution in [0.15, 0.2) is 72.8 Å². The zero-order valence-corrected chi connectivity index (χ0v) is 16.9. The Morgan fingerprint density at radius 2 is 1.53 bits per heavy atom. The van der Waals surface area contributed by atoms with Crippen LogP contribution < -0.4 is 15.4 Å². The van der Waals surface area contributed by atoms with Crippen molar-refractivity contribution < 1.29 is 19.1 Å². The van der Waals surface area contributed by atoms with Gasteiger partial charge in [0.05, 0.1) is 0 Å². The Morgan fingerprint density at radius 3 is 2.20 bits per heavy atom. The Morgan fingerprint density at radius 1 is 0.867 bits per heavy atom. The maximum absolute atomic E-state index is 12.4. The van der Waals surface area contributed by atoms with Gasteiger partial charge in [-0.1, -0.05) is 35.9 Å². The minimum atomic E-state index is -0.453. The average Bonchev–Trinajstić information content (AvgIpc) is 2.72. The molecule has 2 amide bonds. The zero-order chi connectivity index (χ0) is 21.5. The number of anilines is 1. The van der Waals surface area contributed by atoms with E-state index in [9.17, 15) is 14.4 Å². The molecule has 7 heteroatoms. The summed E-state index contributed by atoms with van der Waals surface area (Å²) < 4.78 is 4.99. The van der Waals surface area contributed by atoms with E-state index in [4.69, 9.17) is 16.3 Å². The number of benzene rings is 3. The first-order chi connectivity index (χ1) is 14.4. The third-order valence-electron chi connectivity index (χ3n) is 4.11. The predicted molar refractivity (Wildman–Crippen MR) is 115 cm³/mol. The van der Waals surface area contributed by atoms with Crippen LogP contribution >= 0.6 is 11.6 Å². The molecule has 0 unspecified atom stereocenters. The Hall–Kier alpha value is -3.64. The molecule has 0 saturated heterocycles. The molecule has 3 rings (SSSR count). The molecule has 0 bridgehead atoms. The Labute approximate surface area is 178 Å². The maximum Gasteiger partial charge on any atom is 0.308 e. The van der Waals surface area contributed by atoms with Crippen LogP contribution in [-0.2, 0) is 11.3 Å². The van der Waals surface area contributed by atoms with Crippen molar-refractivity contribution >= 4 is 35.1 Å².